The molecule has 6 rings (SSSR count). The van der Waals surface area contributed by atoms with Crippen molar-refractivity contribution >= 4 is 40.5 Å². The number of carbonyl (C=O) groups is 2. The third kappa shape index (κ3) is 6.01. The van der Waals surface area contributed by atoms with E-state index in [0.717, 1.165) is 24.8 Å². The van der Waals surface area contributed by atoms with Gasteiger partial charge in [-0.1, -0.05) is 22.0 Å². The molecule has 0 saturated carbocycles. The number of hydrogen-bond acceptors (Lipinski definition) is 9. The smallest absolute Gasteiger partial charge is 0.348 e. The van der Waals surface area contributed by atoms with Gasteiger partial charge in [-0.15, -0.1) is 11.3 Å². The van der Waals surface area contributed by atoms with Gasteiger partial charge in [0.25, 0.3) is 11.5 Å². The monoisotopic (exact) mass is 621 g/mol. The van der Waals surface area contributed by atoms with Crippen LogP contribution in [0.3, 0.4) is 0 Å². The first-order valence-electron chi connectivity index (χ1n) is 13.8. The lowest BCUT2D eigenvalue weighted by atomic mass is 10.1. The molecule has 0 unspecified atom stereocenters. The number of likely N-dealkylation sites (tertiary alicyclic amines) is 1. The number of benzene rings is 1. The number of fused-ring (bicyclic) bond motifs is 1. The number of nitrogens with two attached hydrogens (primary N) is 1. The molecule has 15 heteroatoms. The third-order valence-electron chi connectivity index (χ3n) is 7.52. The van der Waals surface area contributed by atoms with Crippen molar-refractivity contribution < 1.29 is 14.3 Å². The molecule has 0 aliphatic carbocycles. The summed E-state index contributed by atoms with van der Waals surface area (Å²) in [5.41, 5.74) is 5.54. The first-order valence-corrected chi connectivity index (χ1v) is 15.0. The van der Waals surface area contributed by atoms with E-state index in [0.29, 0.717) is 70.1 Å². The van der Waals surface area contributed by atoms with Crippen molar-refractivity contribution in [1.29, 1.82) is 0 Å². The number of imidazole rings is 1. The molecule has 222 valence electrons. The summed E-state index contributed by atoms with van der Waals surface area (Å²) in [6, 6.07) is 7.91. The van der Waals surface area contributed by atoms with Gasteiger partial charge in [0.15, 0.2) is 6.61 Å². The van der Waals surface area contributed by atoms with Crippen LogP contribution in [0, 0.1) is 0 Å². The molecule has 3 aromatic heterocycles. The van der Waals surface area contributed by atoms with E-state index in [4.69, 9.17) is 27.2 Å². The Hall–Kier alpha value is -4.56. The topological polar surface area (TPSA) is 173 Å². The summed E-state index contributed by atoms with van der Waals surface area (Å²) < 4.78 is 6.93. The Kier molecular flexibility index (Phi) is 8.20. The molecule has 0 bridgehead atoms. The molecule has 1 amide bonds. The van der Waals surface area contributed by atoms with Gasteiger partial charge in [0.05, 0.1) is 29.3 Å². The Morgan fingerprint density at radius 2 is 2.05 bits per heavy atom. The van der Waals surface area contributed by atoms with Gasteiger partial charge in [0, 0.05) is 47.1 Å². The van der Waals surface area contributed by atoms with Gasteiger partial charge in [-0.2, -0.15) is 0 Å². The van der Waals surface area contributed by atoms with Crippen LogP contribution < -0.4 is 16.8 Å². The van der Waals surface area contributed by atoms with Crippen LogP contribution in [-0.4, -0.2) is 56.0 Å². The zero-order valence-electron chi connectivity index (χ0n) is 23.0. The number of esters is 1. The molecule has 2 aliphatic rings. The van der Waals surface area contributed by atoms with Crippen molar-refractivity contribution in [2.75, 3.05) is 25.1 Å². The van der Waals surface area contributed by atoms with Crippen molar-refractivity contribution in [2.24, 2.45) is 16.3 Å². The molecule has 1 fully saturated rings. The van der Waals surface area contributed by atoms with Crippen LogP contribution in [-0.2, 0) is 16.0 Å². The number of rotatable bonds is 8. The predicted octanol–water partition coefficient (Wildman–Crippen LogP) is 4.37. The molecule has 43 heavy (non-hydrogen) atoms. The lowest BCUT2D eigenvalue weighted by Gasteiger charge is -2.26. The summed E-state index contributed by atoms with van der Waals surface area (Å²) in [7, 11) is 0. The minimum Gasteiger partial charge on any atom is -0.451 e. The van der Waals surface area contributed by atoms with Gasteiger partial charge in [0.1, 0.15) is 16.5 Å². The van der Waals surface area contributed by atoms with Crippen LogP contribution in [0.4, 0.5) is 5.69 Å². The molecule has 0 radical (unpaired) electrons. The molecule has 1 aromatic carbocycles. The van der Waals surface area contributed by atoms with Gasteiger partial charge < -0.3 is 20.5 Å². The Balaban J connectivity index is 1.17. The van der Waals surface area contributed by atoms with Crippen molar-refractivity contribution in [3.8, 4) is 22.5 Å². The number of carbonyl (C=O) groups excluding carboxylic acids is 2. The Bertz CT molecular complexity index is 1760. The number of thiophene rings is 1. The number of anilines is 1. The number of amides is 1. The third-order valence-corrected chi connectivity index (χ3v) is 8.67. The number of aromatic amines is 1. The van der Waals surface area contributed by atoms with Gasteiger partial charge in [-0.3, -0.25) is 19.6 Å². The first kappa shape index (κ1) is 28.6. The Morgan fingerprint density at radius 3 is 2.86 bits per heavy atom. The lowest BCUT2D eigenvalue weighted by molar-refractivity contribution is -0.135. The molecular weight excluding hydrogens is 594 g/mol. The summed E-state index contributed by atoms with van der Waals surface area (Å²) >= 11 is 7.45. The summed E-state index contributed by atoms with van der Waals surface area (Å²) in [5.74, 6) is 5.65. The van der Waals surface area contributed by atoms with E-state index in [1.165, 1.54) is 17.4 Å². The molecular formula is C28H28ClN9O4S. The highest BCUT2D eigenvalue weighted by molar-refractivity contribution is 7.12. The Morgan fingerprint density at radius 1 is 1.21 bits per heavy atom. The number of aryl methyl sites for hydroxylation is 1. The van der Waals surface area contributed by atoms with Crippen molar-refractivity contribution in [2.45, 2.75) is 38.1 Å². The maximum Gasteiger partial charge on any atom is 0.348 e. The normalized spacial score (nSPS) is 16.4. The second-order valence-electron chi connectivity index (χ2n) is 10.2. The van der Waals surface area contributed by atoms with Crippen molar-refractivity contribution in [3.05, 3.63) is 73.8 Å². The van der Waals surface area contributed by atoms with Crippen LogP contribution in [0.5, 0.6) is 0 Å². The fourth-order valence-electron chi connectivity index (χ4n) is 5.42. The summed E-state index contributed by atoms with van der Waals surface area (Å²) in [4.78, 5) is 53.1. The average molecular weight is 622 g/mol. The zero-order valence-corrected chi connectivity index (χ0v) is 24.5. The fourth-order valence-corrected chi connectivity index (χ4v) is 6.39. The number of ether oxygens (including phenoxy) is 1. The van der Waals surface area contributed by atoms with Gasteiger partial charge in [0.2, 0.25) is 0 Å². The largest absolute Gasteiger partial charge is 0.451 e. The van der Waals surface area contributed by atoms with E-state index < -0.39 is 5.97 Å². The number of hydrogen-bond donors (Lipinski definition) is 3. The zero-order chi connectivity index (χ0) is 29.9. The summed E-state index contributed by atoms with van der Waals surface area (Å²) in [6.45, 7) is 1.15. The maximum absolute atomic E-state index is 13.4. The van der Waals surface area contributed by atoms with E-state index in [-0.39, 0.29) is 24.1 Å². The molecule has 0 spiro atoms. The second-order valence-corrected chi connectivity index (χ2v) is 11.6. The van der Waals surface area contributed by atoms with Gasteiger partial charge >= 0.3 is 5.97 Å². The predicted molar refractivity (Wildman–Crippen MR) is 161 cm³/mol. The van der Waals surface area contributed by atoms with Crippen LogP contribution >= 0.6 is 22.9 Å². The lowest BCUT2D eigenvalue weighted by Crippen LogP contribution is -2.38. The van der Waals surface area contributed by atoms with Crippen LogP contribution in [0.2, 0.25) is 5.02 Å². The highest BCUT2D eigenvalue weighted by Gasteiger charge is 2.29. The van der Waals surface area contributed by atoms with Crippen molar-refractivity contribution in [1.82, 2.24) is 24.4 Å². The minimum atomic E-state index is -0.538. The van der Waals surface area contributed by atoms with Crippen molar-refractivity contribution in [3.63, 3.8) is 0 Å². The molecule has 5 heterocycles. The molecule has 4 N–H and O–H groups in total. The number of piperidine rings is 1. The SMILES string of the molecule is N/N=N\Nc1ccc(Cl)cc1-c1cc(=O)n2c(n1)CC[C@H]2c1ncc(-c2csc(C(=O)OCC(=O)N3CCCCC3)c2)[nH]1. The molecule has 1 atom stereocenters. The fraction of sp³-hybridized carbons (Fsp3) is 0.321. The number of aromatic nitrogens is 4. The quantitative estimate of drug-likeness (QED) is 0.112. The maximum atomic E-state index is 13.4. The van der Waals surface area contributed by atoms with E-state index in [2.05, 4.69) is 25.8 Å². The van der Waals surface area contributed by atoms with Gasteiger partial charge in [-0.05, 0) is 49.9 Å². The first-order chi connectivity index (χ1) is 20.9. The highest BCUT2D eigenvalue weighted by atomic mass is 35.5. The standard InChI is InChI=1S/C28H28ClN9O4S/c29-17-4-5-19(34-36-35-30)18(11-17)20-12-25(39)38-22(6-7-24(38)32-20)27-31-13-21(33-27)16-10-23(43-15-16)28(41)42-14-26(40)37-8-2-1-3-9-37/h4-5,10-13,15,22H,1-3,6-9,14H2,(H2,30,36)(H,31,33)(H,34,35)/t22-/m0/s1. The molecule has 4 aromatic rings. The van der Waals surface area contributed by atoms with E-state index >= 15 is 0 Å². The summed E-state index contributed by atoms with van der Waals surface area (Å²) in [6.07, 6.45) is 5.94. The minimum absolute atomic E-state index is 0.167. The number of H-pyrrole nitrogens is 1. The van der Waals surface area contributed by atoms with Crippen LogP contribution in [0.15, 0.2) is 57.1 Å². The molecule has 1 saturated heterocycles. The second kappa shape index (κ2) is 12.4. The number of nitrogens with zero attached hydrogens (tertiary/aromatic N) is 6. The van der Waals surface area contributed by atoms with Crippen LogP contribution in [0.25, 0.3) is 22.5 Å². The summed E-state index contributed by atoms with van der Waals surface area (Å²) in [5, 5.41) is 9.14. The molecule has 13 nitrogen and oxygen atoms in total. The van der Waals surface area contributed by atoms with E-state index in [9.17, 15) is 14.4 Å². The van der Waals surface area contributed by atoms with E-state index in [1.54, 1.807) is 39.9 Å². The van der Waals surface area contributed by atoms with E-state index in [1.807, 2.05) is 5.38 Å². The van der Waals surface area contributed by atoms with Gasteiger partial charge in [-0.25, -0.2) is 14.8 Å². The number of nitrogens with one attached hydrogen (secondary N) is 2. The molecule has 2 aliphatic heterocycles. The van der Waals surface area contributed by atoms with Crippen LogP contribution in [0.1, 0.15) is 53.0 Å². The average Bonchev–Trinajstić information content (AvgIpc) is 3.79. The highest BCUT2D eigenvalue weighted by Crippen LogP contribution is 2.34. The number of halogens is 1. The Labute approximate surface area is 254 Å².